The number of nitrogens with zero attached hydrogens (tertiary/aromatic N) is 3. The summed E-state index contributed by atoms with van der Waals surface area (Å²) in [5.74, 6) is -0.452. The van der Waals surface area contributed by atoms with Crippen molar-refractivity contribution in [2.75, 3.05) is 6.54 Å². The van der Waals surface area contributed by atoms with Crippen molar-refractivity contribution in [2.24, 2.45) is 0 Å². The highest BCUT2D eigenvalue weighted by Crippen LogP contribution is 2.31. The number of carbonyl (C=O) groups excluding carboxylic acids is 1. The van der Waals surface area contributed by atoms with Gasteiger partial charge in [-0.2, -0.15) is 17.5 Å². The second-order valence-corrected chi connectivity index (χ2v) is 10.4. The Kier molecular flexibility index (Phi) is 6.46. The van der Waals surface area contributed by atoms with E-state index in [2.05, 4.69) is 15.3 Å². The zero-order valence-electron chi connectivity index (χ0n) is 19.3. The summed E-state index contributed by atoms with van der Waals surface area (Å²) in [7, 11) is -4.03. The number of aromatic nitrogens is 2. The molecule has 1 amide bonds. The van der Waals surface area contributed by atoms with E-state index in [0.717, 1.165) is 16.6 Å². The number of amides is 1. The second-order valence-electron chi connectivity index (χ2n) is 8.57. The summed E-state index contributed by atoms with van der Waals surface area (Å²) in [4.78, 5) is 20.6. The molecular formula is C25H21F3N4O4S. The third-order valence-corrected chi connectivity index (χ3v) is 7.88. The number of hydrogen-bond donors (Lipinski definition) is 1. The van der Waals surface area contributed by atoms with Crippen LogP contribution in [0.5, 0.6) is 0 Å². The number of fused-ring (bicyclic) bond motifs is 1. The summed E-state index contributed by atoms with van der Waals surface area (Å²) >= 11 is 0. The first-order valence-electron chi connectivity index (χ1n) is 11.4. The summed E-state index contributed by atoms with van der Waals surface area (Å²) in [5, 5.41) is 3.20. The number of carbonyl (C=O) groups is 1. The number of benzene rings is 1. The van der Waals surface area contributed by atoms with Gasteiger partial charge in [-0.25, -0.2) is 8.42 Å². The fourth-order valence-electron chi connectivity index (χ4n) is 4.25. The highest BCUT2D eigenvalue weighted by molar-refractivity contribution is 7.89. The van der Waals surface area contributed by atoms with Gasteiger partial charge < -0.3 is 9.73 Å². The van der Waals surface area contributed by atoms with Crippen LogP contribution in [0.4, 0.5) is 13.2 Å². The summed E-state index contributed by atoms with van der Waals surface area (Å²) < 4.78 is 71.5. The lowest BCUT2D eigenvalue weighted by atomic mass is 10.1. The normalized spacial score (nSPS) is 16.8. The number of nitrogens with one attached hydrogen (secondary N) is 1. The Morgan fingerprint density at radius 2 is 1.92 bits per heavy atom. The predicted molar refractivity (Wildman–Crippen MR) is 127 cm³/mol. The van der Waals surface area contributed by atoms with Gasteiger partial charge in [0, 0.05) is 42.5 Å². The number of sulfonamides is 1. The Labute approximate surface area is 210 Å². The minimum absolute atomic E-state index is 0.0808. The maximum absolute atomic E-state index is 13.2. The van der Waals surface area contributed by atoms with Crippen LogP contribution in [-0.2, 0) is 27.5 Å². The van der Waals surface area contributed by atoms with Crippen LogP contribution in [0.15, 0.2) is 76.5 Å². The van der Waals surface area contributed by atoms with Gasteiger partial charge in [0.1, 0.15) is 17.3 Å². The van der Waals surface area contributed by atoms with E-state index in [9.17, 15) is 26.4 Å². The van der Waals surface area contributed by atoms with Gasteiger partial charge in [-0.05, 0) is 48.7 Å². The van der Waals surface area contributed by atoms with Crippen molar-refractivity contribution in [1.82, 2.24) is 19.6 Å². The minimum Gasteiger partial charge on any atom is -0.443 e. The maximum Gasteiger partial charge on any atom is 0.433 e. The molecule has 1 aliphatic rings. The number of hydrogen-bond acceptors (Lipinski definition) is 6. The largest absolute Gasteiger partial charge is 0.443 e. The van der Waals surface area contributed by atoms with Gasteiger partial charge in [-0.3, -0.25) is 14.8 Å². The number of halogens is 3. The van der Waals surface area contributed by atoms with Crippen LogP contribution in [0.3, 0.4) is 0 Å². The molecule has 1 saturated heterocycles. The Morgan fingerprint density at radius 1 is 1.11 bits per heavy atom. The molecule has 5 rings (SSSR count). The monoisotopic (exact) mass is 530 g/mol. The van der Waals surface area contributed by atoms with Gasteiger partial charge in [0.25, 0.3) is 10.0 Å². The van der Waals surface area contributed by atoms with Crippen molar-refractivity contribution in [1.29, 1.82) is 0 Å². The smallest absolute Gasteiger partial charge is 0.433 e. The molecule has 1 aliphatic heterocycles. The van der Waals surface area contributed by atoms with Crippen LogP contribution in [0.2, 0.25) is 0 Å². The zero-order chi connectivity index (χ0) is 26.2. The highest BCUT2D eigenvalue weighted by Gasteiger charge is 2.41. The molecule has 1 fully saturated rings. The molecule has 37 heavy (non-hydrogen) atoms. The standard InChI is InChI=1S/C25H21F3N4O4S/c26-25(27,28)22-8-7-18(15-30-22)19-12-16(9-10-29-19)14-31-24(33)20-5-3-11-32(20)37(34,35)23-13-17-4-1-2-6-21(17)36-23/h1-2,4,6-10,12-13,15,20H,3,5,11,14H2,(H,31,33)/t20-/m0/s1. The molecular weight excluding hydrogens is 509 g/mol. The molecule has 0 saturated carbocycles. The van der Waals surface area contributed by atoms with Crippen molar-refractivity contribution in [3.05, 3.63) is 78.2 Å². The van der Waals surface area contributed by atoms with E-state index in [1.807, 2.05) is 0 Å². The van der Waals surface area contributed by atoms with Crippen molar-refractivity contribution < 1.29 is 30.8 Å². The number of rotatable bonds is 6. The molecule has 3 aromatic heterocycles. The lowest BCUT2D eigenvalue weighted by molar-refractivity contribution is -0.141. The van der Waals surface area contributed by atoms with Crippen molar-refractivity contribution in [3.63, 3.8) is 0 Å². The van der Waals surface area contributed by atoms with Crippen molar-refractivity contribution in [2.45, 2.75) is 36.7 Å². The Balaban J connectivity index is 1.28. The predicted octanol–water partition coefficient (Wildman–Crippen LogP) is 4.38. The van der Waals surface area contributed by atoms with Crippen LogP contribution in [-0.4, -0.2) is 41.2 Å². The van der Waals surface area contributed by atoms with Crippen LogP contribution >= 0.6 is 0 Å². The summed E-state index contributed by atoms with van der Waals surface area (Å²) in [6.45, 7) is 0.273. The van der Waals surface area contributed by atoms with Crippen molar-refractivity contribution >= 4 is 26.9 Å². The Morgan fingerprint density at radius 3 is 2.65 bits per heavy atom. The van der Waals surface area contributed by atoms with E-state index >= 15 is 0 Å². The molecule has 4 aromatic rings. The Hall–Kier alpha value is -3.77. The first kappa shape index (κ1) is 24.9. The zero-order valence-corrected chi connectivity index (χ0v) is 20.1. The second kappa shape index (κ2) is 9.60. The number of furan rings is 1. The van der Waals surface area contributed by atoms with Crippen LogP contribution < -0.4 is 5.32 Å². The van der Waals surface area contributed by atoms with Crippen LogP contribution in [0.25, 0.3) is 22.2 Å². The molecule has 8 nitrogen and oxygen atoms in total. The van der Waals surface area contributed by atoms with E-state index in [1.165, 1.54) is 18.3 Å². The van der Waals surface area contributed by atoms with E-state index in [-0.39, 0.29) is 18.2 Å². The molecule has 0 unspecified atom stereocenters. The molecule has 1 aromatic carbocycles. The molecule has 0 spiro atoms. The van der Waals surface area contributed by atoms with Gasteiger partial charge in [-0.1, -0.05) is 18.2 Å². The fraction of sp³-hybridized carbons (Fsp3) is 0.240. The average Bonchev–Trinajstić information content (AvgIpc) is 3.55. The van der Waals surface area contributed by atoms with Gasteiger partial charge in [0.2, 0.25) is 11.0 Å². The van der Waals surface area contributed by atoms with Crippen molar-refractivity contribution in [3.8, 4) is 11.3 Å². The minimum atomic E-state index is -4.54. The van der Waals surface area contributed by atoms with Gasteiger partial charge in [-0.15, -0.1) is 0 Å². The first-order chi connectivity index (χ1) is 17.6. The van der Waals surface area contributed by atoms with Gasteiger partial charge in [0.15, 0.2) is 0 Å². The summed E-state index contributed by atoms with van der Waals surface area (Å²) in [6, 6.07) is 12.9. The molecule has 0 radical (unpaired) electrons. The van der Waals surface area contributed by atoms with E-state index in [0.29, 0.717) is 40.6 Å². The van der Waals surface area contributed by atoms with Crippen LogP contribution in [0.1, 0.15) is 24.1 Å². The van der Waals surface area contributed by atoms with Gasteiger partial charge >= 0.3 is 6.18 Å². The number of pyridine rings is 2. The summed E-state index contributed by atoms with van der Waals surface area (Å²) in [6.07, 6.45) is -1.08. The molecule has 1 atom stereocenters. The third-order valence-electron chi connectivity index (χ3n) is 6.11. The van der Waals surface area contributed by atoms with E-state index in [1.54, 1.807) is 36.4 Å². The summed E-state index contributed by atoms with van der Waals surface area (Å²) in [5.41, 5.74) is 0.863. The number of para-hydroxylation sites is 1. The lowest BCUT2D eigenvalue weighted by Crippen LogP contribution is -2.45. The quantitative estimate of drug-likeness (QED) is 0.397. The van der Waals surface area contributed by atoms with Gasteiger partial charge in [0.05, 0.1) is 5.69 Å². The topological polar surface area (TPSA) is 105 Å². The fourth-order valence-corrected chi connectivity index (χ4v) is 5.86. The number of alkyl halides is 3. The SMILES string of the molecule is O=C(NCc1ccnc(-c2ccc(C(F)(F)F)nc2)c1)[C@@H]1CCCN1S(=O)(=O)c1cc2ccccc2o1. The highest BCUT2D eigenvalue weighted by atomic mass is 32.2. The maximum atomic E-state index is 13.2. The van der Waals surface area contributed by atoms with E-state index < -0.39 is 33.8 Å². The first-order valence-corrected chi connectivity index (χ1v) is 12.8. The Bertz CT molecular complexity index is 1520. The van der Waals surface area contributed by atoms with Crippen LogP contribution in [0, 0.1) is 0 Å². The van der Waals surface area contributed by atoms with E-state index in [4.69, 9.17) is 4.42 Å². The molecule has 192 valence electrons. The average molecular weight is 531 g/mol. The molecule has 0 aliphatic carbocycles. The lowest BCUT2D eigenvalue weighted by Gasteiger charge is -2.22. The molecule has 4 heterocycles. The molecule has 12 heteroatoms. The third kappa shape index (κ3) is 5.07. The molecule has 1 N–H and O–H groups in total. The molecule has 0 bridgehead atoms.